The standard InChI is InChI=1S/C19H20N4O2/c1-13(9-18(24)21-2)23(3)19(25)15-6-4-5-14(10-15)16-7-8-17(11-20)22-12-16/h4-8,10,12-13H,9H2,1-3H3,(H,21,24)/t13-/m1/s1. The first-order chi connectivity index (χ1) is 12.0. The van der Waals surface area contributed by atoms with Gasteiger partial charge in [0.05, 0.1) is 0 Å². The Hall–Kier alpha value is -3.20. The van der Waals surface area contributed by atoms with Crippen LogP contribution in [-0.4, -0.2) is 41.8 Å². The van der Waals surface area contributed by atoms with E-state index >= 15 is 0 Å². The lowest BCUT2D eigenvalue weighted by Gasteiger charge is -2.24. The van der Waals surface area contributed by atoms with Gasteiger partial charge in [0, 0.05) is 43.9 Å². The number of hydrogen-bond donors (Lipinski definition) is 1. The van der Waals surface area contributed by atoms with Crippen molar-refractivity contribution in [1.82, 2.24) is 15.2 Å². The molecule has 25 heavy (non-hydrogen) atoms. The van der Waals surface area contributed by atoms with E-state index in [1.54, 1.807) is 55.5 Å². The predicted molar refractivity (Wildman–Crippen MR) is 94.6 cm³/mol. The molecule has 6 nitrogen and oxygen atoms in total. The van der Waals surface area contributed by atoms with E-state index in [0.717, 1.165) is 11.1 Å². The van der Waals surface area contributed by atoms with Crippen molar-refractivity contribution in [3.8, 4) is 17.2 Å². The van der Waals surface area contributed by atoms with Crippen LogP contribution in [0.1, 0.15) is 29.4 Å². The second kappa shape index (κ2) is 8.06. The number of pyridine rings is 1. The Kier molecular flexibility index (Phi) is 5.85. The van der Waals surface area contributed by atoms with Crippen molar-refractivity contribution in [3.63, 3.8) is 0 Å². The van der Waals surface area contributed by atoms with Crippen LogP contribution in [0, 0.1) is 11.3 Å². The number of hydrogen-bond acceptors (Lipinski definition) is 4. The van der Waals surface area contributed by atoms with E-state index in [2.05, 4.69) is 10.3 Å². The molecule has 0 unspecified atom stereocenters. The molecule has 1 heterocycles. The van der Waals surface area contributed by atoms with Crippen molar-refractivity contribution < 1.29 is 9.59 Å². The predicted octanol–water partition coefficient (Wildman–Crippen LogP) is 2.22. The van der Waals surface area contributed by atoms with Gasteiger partial charge in [0.25, 0.3) is 5.91 Å². The topological polar surface area (TPSA) is 86.1 Å². The number of benzene rings is 1. The third-order valence-corrected chi connectivity index (χ3v) is 4.06. The molecule has 128 valence electrons. The fraction of sp³-hybridized carbons (Fsp3) is 0.263. The molecule has 6 heteroatoms. The second-order valence-electron chi connectivity index (χ2n) is 5.77. The summed E-state index contributed by atoms with van der Waals surface area (Å²) in [5.74, 6) is -0.260. The summed E-state index contributed by atoms with van der Waals surface area (Å²) in [6, 6.07) is 12.4. The highest BCUT2D eigenvalue weighted by molar-refractivity contribution is 5.95. The van der Waals surface area contributed by atoms with Gasteiger partial charge in [-0.3, -0.25) is 9.59 Å². The van der Waals surface area contributed by atoms with Gasteiger partial charge in [-0.25, -0.2) is 4.98 Å². The molecule has 1 aromatic carbocycles. The van der Waals surface area contributed by atoms with Crippen LogP contribution in [0.5, 0.6) is 0 Å². The van der Waals surface area contributed by atoms with E-state index in [4.69, 9.17) is 5.26 Å². The largest absolute Gasteiger partial charge is 0.359 e. The van der Waals surface area contributed by atoms with E-state index in [1.807, 2.05) is 19.1 Å². The Labute approximate surface area is 147 Å². The molecule has 2 rings (SSSR count). The first-order valence-corrected chi connectivity index (χ1v) is 7.90. The molecule has 1 atom stereocenters. The van der Waals surface area contributed by atoms with Crippen LogP contribution in [0.3, 0.4) is 0 Å². The van der Waals surface area contributed by atoms with Gasteiger partial charge in [0.2, 0.25) is 5.91 Å². The molecule has 1 N–H and O–H groups in total. The molecule has 0 aliphatic carbocycles. The van der Waals surface area contributed by atoms with Gasteiger partial charge in [-0.05, 0) is 36.8 Å². The van der Waals surface area contributed by atoms with Crippen LogP contribution in [-0.2, 0) is 4.79 Å². The minimum Gasteiger partial charge on any atom is -0.359 e. The molecule has 0 spiro atoms. The molecule has 0 saturated carbocycles. The molecule has 0 bridgehead atoms. The lowest BCUT2D eigenvalue weighted by molar-refractivity contribution is -0.121. The lowest BCUT2D eigenvalue weighted by atomic mass is 10.0. The minimum absolute atomic E-state index is 0.107. The fourth-order valence-electron chi connectivity index (χ4n) is 2.37. The number of nitrogens with zero attached hydrogens (tertiary/aromatic N) is 3. The molecular formula is C19H20N4O2. The van der Waals surface area contributed by atoms with Gasteiger partial charge in [-0.2, -0.15) is 5.26 Å². The van der Waals surface area contributed by atoms with E-state index in [9.17, 15) is 9.59 Å². The highest BCUT2D eigenvalue weighted by Gasteiger charge is 2.19. The maximum absolute atomic E-state index is 12.7. The molecular weight excluding hydrogens is 316 g/mol. The van der Waals surface area contributed by atoms with Crippen LogP contribution in [0.2, 0.25) is 0 Å². The summed E-state index contributed by atoms with van der Waals surface area (Å²) >= 11 is 0. The highest BCUT2D eigenvalue weighted by atomic mass is 16.2. The number of carbonyl (C=O) groups is 2. The normalized spacial score (nSPS) is 11.3. The molecule has 0 aliphatic rings. The summed E-state index contributed by atoms with van der Waals surface area (Å²) in [5.41, 5.74) is 2.55. The van der Waals surface area contributed by atoms with Crippen LogP contribution >= 0.6 is 0 Å². The SMILES string of the molecule is CNC(=O)C[C@@H](C)N(C)C(=O)c1cccc(-c2ccc(C#N)nc2)c1. The van der Waals surface area contributed by atoms with E-state index < -0.39 is 0 Å². The monoisotopic (exact) mass is 336 g/mol. The summed E-state index contributed by atoms with van der Waals surface area (Å²) in [5, 5.41) is 11.4. The fourth-order valence-corrected chi connectivity index (χ4v) is 2.37. The molecule has 2 amide bonds. The zero-order chi connectivity index (χ0) is 18.4. The zero-order valence-corrected chi connectivity index (χ0v) is 14.5. The Balaban J connectivity index is 2.20. The number of carbonyl (C=O) groups excluding carboxylic acids is 2. The number of nitrogens with one attached hydrogen (secondary N) is 1. The van der Waals surface area contributed by atoms with Crippen LogP contribution in [0.25, 0.3) is 11.1 Å². The van der Waals surface area contributed by atoms with Gasteiger partial charge in [0.15, 0.2) is 0 Å². The molecule has 0 radical (unpaired) electrons. The van der Waals surface area contributed by atoms with Crippen molar-refractivity contribution in [2.75, 3.05) is 14.1 Å². The van der Waals surface area contributed by atoms with E-state index in [0.29, 0.717) is 11.3 Å². The van der Waals surface area contributed by atoms with Gasteiger partial charge in [-0.15, -0.1) is 0 Å². The van der Waals surface area contributed by atoms with Crippen LogP contribution in [0.15, 0.2) is 42.6 Å². The number of aromatic nitrogens is 1. The number of rotatable bonds is 5. The maximum atomic E-state index is 12.7. The first kappa shape index (κ1) is 18.1. The van der Waals surface area contributed by atoms with Crippen LogP contribution < -0.4 is 5.32 Å². The molecule has 0 fully saturated rings. The third kappa shape index (κ3) is 4.42. The van der Waals surface area contributed by atoms with Crippen molar-refractivity contribution in [3.05, 3.63) is 53.9 Å². The first-order valence-electron chi connectivity index (χ1n) is 7.90. The number of nitriles is 1. The summed E-state index contributed by atoms with van der Waals surface area (Å²) < 4.78 is 0. The van der Waals surface area contributed by atoms with E-state index in [-0.39, 0.29) is 24.3 Å². The van der Waals surface area contributed by atoms with Gasteiger partial charge in [-0.1, -0.05) is 12.1 Å². The Morgan fingerprint density at radius 1 is 1.28 bits per heavy atom. The summed E-state index contributed by atoms with van der Waals surface area (Å²) in [4.78, 5) is 29.8. The molecule has 2 aromatic rings. The van der Waals surface area contributed by atoms with Crippen molar-refractivity contribution in [2.24, 2.45) is 0 Å². The lowest BCUT2D eigenvalue weighted by Crippen LogP contribution is -2.38. The molecule has 0 aliphatic heterocycles. The number of amides is 2. The highest BCUT2D eigenvalue weighted by Crippen LogP contribution is 2.21. The smallest absolute Gasteiger partial charge is 0.253 e. The average molecular weight is 336 g/mol. The van der Waals surface area contributed by atoms with Crippen molar-refractivity contribution in [2.45, 2.75) is 19.4 Å². The molecule has 0 saturated heterocycles. The Morgan fingerprint density at radius 2 is 2.04 bits per heavy atom. The summed E-state index contributed by atoms with van der Waals surface area (Å²) in [7, 11) is 3.26. The zero-order valence-electron chi connectivity index (χ0n) is 14.5. The minimum atomic E-state index is -0.215. The summed E-state index contributed by atoms with van der Waals surface area (Å²) in [6.07, 6.45) is 1.86. The average Bonchev–Trinajstić information content (AvgIpc) is 2.66. The van der Waals surface area contributed by atoms with Gasteiger partial charge >= 0.3 is 0 Å². The van der Waals surface area contributed by atoms with E-state index in [1.165, 1.54) is 0 Å². The summed E-state index contributed by atoms with van der Waals surface area (Å²) in [6.45, 7) is 1.83. The second-order valence-corrected chi connectivity index (χ2v) is 5.77. The third-order valence-electron chi connectivity index (χ3n) is 4.06. The molecule has 1 aromatic heterocycles. The Bertz CT molecular complexity index is 809. The van der Waals surface area contributed by atoms with Crippen molar-refractivity contribution in [1.29, 1.82) is 5.26 Å². The van der Waals surface area contributed by atoms with Crippen LogP contribution in [0.4, 0.5) is 0 Å². The van der Waals surface area contributed by atoms with Gasteiger partial charge < -0.3 is 10.2 Å². The maximum Gasteiger partial charge on any atom is 0.253 e. The Morgan fingerprint density at radius 3 is 2.64 bits per heavy atom. The quantitative estimate of drug-likeness (QED) is 0.907. The van der Waals surface area contributed by atoms with Crippen molar-refractivity contribution >= 4 is 11.8 Å². The van der Waals surface area contributed by atoms with Gasteiger partial charge in [0.1, 0.15) is 11.8 Å².